The van der Waals surface area contributed by atoms with E-state index in [-0.39, 0.29) is 27.3 Å². The summed E-state index contributed by atoms with van der Waals surface area (Å²) in [6, 6.07) is 6.33. The standard InChI is InChI=1S/C21H10ClFN6OS2/c1-2-15-27-14(7-31-15)28-21(30)29-20-11-6-12(22)16(17(23)18(11)24-8-25-20)10-4-3-5-13-19(10)32-9-26-13/h1,3-9H,(H2,24,25,28,29,30). The Morgan fingerprint density at radius 3 is 2.88 bits per heavy atom. The Hall–Kier alpha value is -3.65. The molecule has 7 nitrogen and oxygen atoms in total. The lowest BCUT2D eigenvalue weighted by Crippen LogP contribution is -2.20. The molecule has 3 aromatic heterocycles. The number of amides is 2. The Morgan fingerprint density at radius 2 is 2.06 bits per heavy atom. The van der Waals surface area contributed by atoms with Crippen LogP contribution in [0.5, 0.6) is 0 Å². The Kier molecular flexibility index (Phi) is 5.14. The minimum Gasteiger partial charge on any atom is -0.291 e. The van der Waals surface area contributed by atoms with Gasteiger partial charge in [-0.05, 0) is 18.1 Å². The first kappa shape index (κ1) is 20.3. The first-order valence-electron chi connectivity index (χ1n) is 9.00. The van der Waals surface area contributed by atoms with Crippen molar-refractivity contribution in [2.24, 2.45) is 0 Å². The van der Waals surface area contributed by atoms with Crippen LogP contribution >= 0.6 is 34.3 Å². The first-order valence-corrected chi connectivity index (χ1v) is 11.1. The predicted molar refractivity (Wildman–Crippen MR) is 126 cm³/mol. The molecule has 0 aliphatic rings. The molecule has 2 amide bonds. The summed E-state index contributed by atoms with van der Waals surface area (Å²) in [5, 5.41) is 7.59. The van der Waals surface area contributed by atoms with Gasteiger partial charge in [0.2, 0.25) is 0 Å². The highest BCUT2D eigenvalue weighted by Gasteiger charge is 2.20. The zero-order valence-electron chi connectivity index (χ0n) is 15.9. The number of urea groups is 1. The van der Waals surface area contributed by atoms with Crippen molar-refractivity contribution in [3.63, 3.8) is 0 Å². The minimum absolute atomic E-state index is 0.0273. The van der Waals surface area contributed by atoms with E-state index in [4.69, 9.17) is 18.0 Å². The largest absolute Gasteiger partial charge is 0.326 e. The van der Waals surface area contributed by atoms with Crippen LogP contribution in [0.15, 0.2) is 41.5 Å². The summed E-state index contributed by atoms with van der Waals surface area (Å²) in [6.07, 6.45) is 6.46. The molecule has 0 saturated carbocycles. The maximum absolute atomic E-state index is 15.6. The van der Waals surface area contributed by atoms with E-state index in [1.165, 1.54) is 35.1 Å². The van der Waals surface area contributed by atoms with Gasteiger partial charge in [-0.1, -0.05) is 23.7 Å². The van der Waals surface area contributed by atoms with E-state index in [9.17, 15) is 4.79 Å². The SMILES string of the molecule is C#Cc1nc(NC(=O)Nc2ncnc3c(F)c(-c4cccc5ncsc45)c(Cl)cc23)cs1. The summed E-state index contributed by atoms with van der Waals surface area (Å²) in [7, 11) is 0. The molecule has 0 atom stereocenters. The molecular formula is C21H10ClFN6OS2. The quantitative estimate of drug-likeness (QED) is 0.319. The van der Waals surface area contributed by atoms with Gasteiger partial charge in [0.05, 0.1) is 20.7 Å². The molecule has 5 aromatic rings. The number of hydrogen-bond donors (Lipinski definition) is 2. The van der Waals surface area contributed by atoms with E-state index in [0.29, 0.717) is 16.4 Å². The average Bonchev–Trinajstić information content (AvgIpc) is 3.44. The second-order valence-electron chi connectivity index (χ2n) is 6.43. The number of hydrogen-bond acceptors (Lipinski definition) is 7. The van der Waals surface area contributed by atoms with Gasteiger partial charge in [-0.2, -0.15) is 0 Å². The number of halogens is 2. The zero-order chi connectivity index (χ0) is 22.2. The molecule has 5 rings (SSSR count). The third kappa shape index (κ3) is 3.52. The first-order chi connectivity index (χ1) is 15.5. The molecule has 2 N–H and O–H groups in total. The number of fused-ring (bicyclic) bond motifs is 2. The molecule has 32 heavy (non-hydrogen) atoms. The molecule has 0 radical (unpaired) electrons. The Labute approximate surface area is 193 Å². The third-order valence-corrected chi connectivity index (χ3v) is 6.50. The summed E-state index contributed by atoms with van der Waals surface area (Å²) in [4.78, 5) is 28.9. The summed E-state index contributed by atoms with van der Waals surface area (Å²) in [5.74, 6) is 2.17. The lowest BCUT2D eigenvalue weighted by atomic mass is 10.0. The molecule has 0 saturated heterocycles. The third-order valence-electron chi connectivity index (χ3n) is 4.55. The second-order valence-corrected chi connectivity index (χ2v) is 8.55. The van der Waals surface area contributed by atoms with Crippen LogP contribution in [-0.2, 0) is 0 Å². The maximum atomic E-state index is 15.6. The minimum atomic E-state index is -0.617. The summed E-state index contributed by atoms with van der Waals surface area (Å²) >= 11 is 9.12. The number of carbonyl (C=O) groups excluding carboxylic acids is 1. The van der Waals surface area contributed by atoms with Crippen LogP contribution in [0.25, 0.3) is 32.2 Å². The van der Waals surface area contributed by atoms with Gasteiger partial charge in [0.1, 0.15) is 23.5 Å². The number of terminal acetylenes is 1. The summed E-state index contributed by atoms with van der Waals surface area (Å²) in [6.45, 7) is 0. The number of aromatic nitrogens is 4. The molecule has 3 heterocycles. The number of thiazole rings is 2. The van der Waals surface area contributed by atoms with Crippen molar-refractivity contribution >= 4 is 73.1 Å². The lowest BCUT2D eigenvalue weighted by molar-refractivity contribution is 0.262. The van der Waals surface area contributed by atoms with Gasteiger partial charge < -0.3 is 0 Å². The van der Waals surface area contributed by atoms with Crippen molar-refractivity contribution in [3.8, 4) is 23.5 Å². The number of nitrogens with zero attached hydrogens (tertiary/aromatic N) is 4. The molecule has 156 valence electrons. The molecule has 0 unspecified atom stereocenters. The summed E-state index contributed by atoms with van der Waals surface area (Å²) in [5.41, 5.74) is 3.30. The Balaban J connectivity index is 1.55. The van der Waals surface area contributed by atoms with Crippen molar-refractivity contribution in [1.82, 2.24) is 19.9 Å². The fourth-order valence-electron chi connectivity index (χ4n) is 3.21. The van der Waals surface area contributed by atoms with E-state index in [1.807, 2.05) is 6.07 Å². The molecule has 0 fully saturated rings. The molecule has 11 heteroatoms. The van der Waals surface area contributed by atoms with Gasteiger partial charge in [0, 0.05) is 21.9 Å². The van der Waals surface area contributed by atoms with Crippen LogP contribution in [0.3, 0.4) is 0 Å². The highest BCUT2D eigenvalue weighted by atomic mass is 35.5. The molecule has 0 aliphatic carbocycles. The maximum Gasteiger partial charge on any atom is 0.326 e. The van der Waals surface area contributed by atoms with Gasteiger partial charge in [-0.15, -0.1) is 29.1 Å². The van der Waals surface area contributed by atoms with E-state index < -0.39 is 11.8 Å². The zero-order valence-corrected chi connectivity index (χ0v) is 18.3. The fraction of sp³-hybridized carbons (Fsp3) is 0. The van der Waals surface area contributed by atoms with Gasteiger partial charge >= 0.3 is 6.03 Å². The Bertz CT molecular complexity index is 1560. The number of benzene rings is 2. The highest BCUT2D eigenvalue weighted by Crippen LogP contribution is 2.40. The topological polar surface area (TPSA) is 92.7 Å². The monoisotopic (exact) mass is 480 g/mol. The normalized spacial score (nSPS) is 10.9. The molecule has 0 bridgehead atoms. The predicted octanol–water partition coefficient (Wildman–Crippen LogP) is 5.78. The van der Waals surface area contributed by atoms with Crippen LogP contribution < -0.4 is 10.6 Å². The van der Waals surface area contributed by atoms with Crippen LogP contribution in [0, 0.1) is 18.2 Å². The van der Waals surface area contributed by atoms with Crippen LogP contribution in [0.1, 0.15) is 5.01 Å². The van der Waals surface area contributed by atoms with E-state index >= 15 is 4.39 Å². The fourth-order valence-corrected chi connectivity index (χ4v) is 4.87. The van der Waals surface area contributed by atoms with Gasteiger partial charge in [0.15, 0.2) is 10.8 Å². The van der Waals surface area contributed by atoms with Crippen molar-refractivity contribution in [1.29, 1.82) is 0 Å². The van der Waals surface area contributed by atoms with E-state index in [2.05, 4.69) is 36.5 Å². The second kappa shape index (κ2) is 8.12. The van der Waals surface area contributed by atoms with Crippen LogP contribution in [-0.4, -0.2) is 26.0 Å². The van der Waals surface area contributed by atoms with Crippen LogP contribution in [0.4, 0.5) is 20.8 Å². The highest BCUT2D eigenvalue weighted by molar-refractivity contribution is 7.17. The van der Waals surface area contributed by atoms with Crippen molar-refractivity contribution in [2.45, 2.75) is 0 Å². The number of carbonyl (C=O) groups is 1. The summed E-state index contributed by atoms with van der Waals surface area (Å²) < 4.78 is 16.4. The molecule has 0 spiro atoms. The number of nitrogens with one attached hydrogen (secondary N) is 2. The van der Waals surface area contributed by atoms with Crippen molar-refractivity contribution in [2.75, 3.05) is 10.6 Å². The molecule has 2 aromatic carbocycles. The Morgan fingerprint density at radius 1 is 1.19 bits per heavy atom. The lowest BCUT2D eigenvalue weighted by Gasteiger charge is -2.12. The van der Waals surface area contributed by atoms with Crippen molar-refractivity contribution < 1.29 is 9.18 Å². The van der Waals surface area contributed by atoms with Gasteiger partial charge in [0.25, 0.3) is 0 Å². The van der Waals surface area contributed by atoms with Crippen LogP contribution in [0.2, 0.25) is 5.02 Å². The van der Waals surface area contributed by atoms with Gasteiger partial charge in [-0.3, -0.25) is 10.6 Å². The van der Waals surface area contributed by atoms with E-state index in [0.717, 1.165) is 10.2 Å². The molecular weight excluding hydrogens is 471 g/mol. The smallest absolute Gasteiger partial charge is 0.291 e. The number of rotatable bonds is 3. The van der Waals surface area contributed by atoms with Crippen molar-refractivity contribution in [3.05, 3.63) is 57.3 Å². The number of anilines is 2. The van der Waals surface area contributed by atoms with E-state index in [1.54, 1.807) is 23.0 Å². The van der Waals surface area contributed by atoms with Gasteiger partial charge in [-0.25, -0.2) is 29.1 Å². The molecule has 0 aliphatic heterocycles. The average molecular weight is 481 g/mol.